The summed E-state index contributed by atoms with van der Waals surface area (Å²) in [5, 5.41) is 0.928. The maximum Gasteiger partial charge on any atom is 0.209 e. The lowest BCUT2D eigenvalue weighted by atomic mass is 9.63. The van der Waals surface area contributed by atoms with Crippen LogP contribution in [-0.4, -0.2) is 16.9 Å². The highest BCUT2D eigenvalue weighted by molar-refractivity contribution is 9.09. The fourth-order valence-corrected chi connectivity index (χ4v) is 3.45. The van der Waals surface area contributed by atoms with Gasteiger partial charge in [-0.3, -0.25) is 9.59 Å². The Bertz CT molecular complexity index is 518. The first-order valence-corrected chi connectivity index (χ1v) is 8.46. The predicted octanol–water partition coefficient (Wildman–Crippen LogP) is 4.24. The summed E-state index contributed by atoms with van der Waals surface area (Å²) >= 11 is 3.37. The van der Waals surface area contributed by atoms with Gasteiger partial charge in [-0.2, -0.15) is 0 Å². The van der Waals surface area contributed by atoms with Gasteiger partial charge in [0, 0.05) is 22.2 Å². The molecule has 1 aliphatic carbocycles. The van der Waals surface area contributed by atoms with Crippen molar-refractivity contribution in [3.63, 3.8) is 0 Å². The van der Waals surface area contributed by atoms with E-state index in [1.807, 2.05) is 26.8 Å². The standard InChI is InChI=1S/C18H23BrO2/c1-5-15(20)14-11-10-13(2)17(18(14,3)4)16(21)9-7-6-8-12-19/h1,7,9,14H,6,8,10-12H2,2-4H3/b9-7+. The lowest BCUT2D eigenvalue weighted by Gasteiger charge is -2.39. The molecule has 0 N–H and O–H groups in total. The summed E-state index contributed by atoms with van der Waals surface area (Å²) in [4.78, 5) is 24.5. The number of unbranched alkanes of at least 4 members (excludes halogenated alkanes) is 1. The highest BCUT2D eigenvalue weighted by Gasteiger charge is 2.42. The summed E-state index contributed by atoms with van der Waals surface area (Å²) < 4.78 is 0. The van der Waals surface area contributed by atoms with Gasteiger partial charge in [0.2, 0.25) is 5.78 Å². The molecule has 0 aromatic rings. The van der Waals surface area contributed by atoms with E-state index in [1.165, 1.54) is 0 Å². The summed E-state index contributed by atoms with van der Waals surface area (Å²) in [6, 6.07) is 0. The summed E-state index contributed by atoms with van der Waals surface area (Å²) in [6.45, 7) is 5.89. The molecule has 0 heterocycles. The van der Waals surface area contributed by atoms with Gasteiger partial charge in [-0.1, -0.05) is 41.4 Å². The predicted molar refractivity (Wildman–Crippen MR) is 90.2 cm³/mol. The Kier molecular flexibility index (Phi) is 6.61. The van der Waals surface area contributed by atoms with Crippen molar-refractivity contribution < 1.29 is 9.59 Å². The van der Waals surface area contributed by atoms with Crippen LogP contribution < -0.4 is 0 Å². The molecule has 2 nitrogen and oxygen atoms in total. The number of carbonyl (C=O) groups is 2. The van der Waals surface area contributed by atoms with Crippen LogP contribution in [0.1, 0.15) is 46.5 Å². The fraction of sp³-hybridized carbons (Fsp3) is 0.556. The number of hydrogen-bond acceptors (Lipinski definition) is 2. The number of rotatable bonds is 6. The lowest BCUT2D eigenvalue weighted by molar-refractivity contribution is -0.121. The van der Waals surface area contributed by atoms with Crippen LogP contribution in [0, 0.1) is 23.7 Å². The maximum atomic E-state index is 12.5. The van der Waals surface area contributed by atoms with Crippen molar-refractivity contribution >= 4 is 27.5 Å². The van der Waals surface area contributed by atoms with E-state index in [1.54, 1.807) is 6.08 Å². The van der Waals surface area contributed by atoms with Crippen LogP contribution in [0.2, 0.25) is 0 Å². The quantitative estimate of drug-likeness (QED) is 0.236. The van der Waals surface area contributed by atoms with Crippen LogP contribution in [0.25, 0.3) is 0 Å². The Morgan fingerprint density at radius 3 is 2.71 bits per heavy atom. The van der Waals surface area contributed by atoms with Crippen molar-refractivity contribution in [3.05, 3.63) is 23.3 Å². The number of halogens is 1. The molecule has 0 aromatic heterocycles. The van der Waals surface area contributed by atoms with E-state index in [2.05, 4.69) is 21.9 Å². The molecule has 1 aliphatic rings. The second-order valence-electron chi connectivity index (χ2n) is 6.07. The van der Waals surface area contributed by atoms with Crippen molar-refractivity contribution in [2.24, 2.45) is 11.3 Å². The second kappa shape index (κ2) is 7.75. The molecule has 0 saturated heterocycles. The highest BCUT2D eigenvalue weighted by atomic mass is 79.9. The van der Waals surface area contributed by atoms with Crippen LogP contribution in [0.5, 0.6) is 0 Å². The zero-order chi connectivity index (χ0) is 16.0. The zero-order valence-electron chi connectivity index (χ0n) is 13.0. The molecule has 21 heavy (non-hydrogen) atoms. The average Bonchev–Trinajstić information content (AvgIpc) is 2.42. The SMILES string of the molecule is C#CC(=O)C1CCC(C)=C(C(=O)/C=C/CCCBr)C1(C)C. The van der Waals surface area contributed by atoms with E-state index >= 15 is 0 Å². The van der Waals surface area contributed by atoms with Gasteiger partial charge < -0.3 is 0 Å². The van der Waals surface area contributed by atoms with Gasteiger partial charge >= 0.3 is 0 Å². The summed E-state index contributed by atoms with van der Waals surface area (Å²) in [7, 11) is 0. The molecule has 0 radical (unpaired) electrons. The summed E-state index contributed by atoms with van der Waals surface area (Å²) in [5.74, 6) is 1.79. The Morgan fingerprint density at radius 1 is 1.48 bits per heavy atom. The van der Waals surface area contributed by atoms with Gasteiger partial charge in [0.05, 0.1) is 0 Å². The van der Waals surface area contributed by atoms with Crippen LogP contribution >= 0.6 is 15.9 Å². The Morgan fingerprint density at radius 2 is 2.14 bits per heavy atom. The molecule has 0 aromatic carbocycles. The van der Waals surface area contributed by atoms with E-state index in [-0.39, 0.29) is 17.5 Å². The Labute approximate surface area is 136 Å². The van der Waals surface area contributed by atoms with Gasteiger partial charge in [-0.25, -0.2) is 0 Å². The van der Waals surface area contributed by atoms with Crippen molar-refractivity contribution in [3.8, 4) is 12.3 Å². The second-order valence-corrected chi connectivity index (χ2v) is 6.87. The largest absolute Gasteiger partial charge is 0.290 e. The van der Waals surface area contributed by atoms with Crippen molar-refractivity contribution in [2.45, 2.75) is 46.5 Å². The fourth-order valence-electron chi connectivity index (χ4n) is 3.13. The smallest absolute Gasteiger partial charge is 0.209 e. The number of terminal acetylenes is 1. The number of ketones is 2. The van der Waals surface area contributed by atoms with E-state index < -0.39 is 5.41 Å². The first kappa shape index (κ1) is 17.9. The van der Waals surface area contributed by atoms with Gasteiger partial charge in [0.1, 0.15) is 0 Å². The summed E-state index contributed by atoms with van der Waals surface area (Å²) in [5.41, 5.74) is 1.34. The molecule has 0 amide bonds. The molecule has 1 atom stereocenters. The third-order valence-corrected chi connectivity index (χ3v) is 4.79. The molecule has 0 bridgehead atoms. The Hall–Kier alpha value is -1.14. The van der Waals surface area contributed by atoms with Gasteiger partial charge in [0.15, 0.2) is 5.78 Å². The van der Waals surface area contributed by atoms with E-state index in [0.29, 0.717) is 0 Å². The topological polar surface area (TPSA) is 34.1 Å². The molecule has 1 unspecified atom stereocenters. The number of Topliss-reactive ketones (excluding diaryl/α,β-unsaturated/α-hetero) is 1. The third kappa shape index (κ3) is 4.17. The van der Waals surface area contributed by atoms with Crippen LogP contribution in [0.15, 0.2) is 23.3 Å². The third-order valence-electron chi connectivity index (χ3n) is 4.23. The first-order chi connectivity index (χ1) is 9.86. The van der Waals surface area contributed by atoms with Crippen LogP contribution in [-0.2, 0) is 9.59 Å². The molecular formula is C18H23BrO2. The lowest BCUT2D eigenvalue weighted by Crippen LogP contribution is -2.38. The average molecular weight is 351 g/mol. The monoisotopic (exact) mass is 350 g/mol. The molecule has 0 saturated carbocycles. The van der Waals surface area contributed by atoms with Gasteiger partial charge in [-0.05, 0) is 44.6 Å². The molecule has 1 rings (SSSR count). The van der Waals surface area contributed by atoms with E-state index in [4.69, 9.17) is 6.42 Å². The molecule has 114 valence electrons. The van der Waals surface area contributed by atoms with Crippen LogP contribution in [0.3, 0.4) is 0 Å². The van der Waals surface area contributed by atoms with Gasteiger partial charge in [-0.15, -0.1) is 6.42 Å². The van der Waals surface area contributed by atoms with Crippen molar-refractivity contribution in [2.75, 3.05) is 5.33 Å². The minimum absolute atomic E-state index is 0.0154. The number of alkyl halides is 1. The number of hydrogen-bond donors (Lipinski definition) is 0. The summed E-state index contributed by atoms with van der Waals surface area (Å²) in [6.07, 6.45) is 12.2. The van der Waals surface area contributed by atoms with Crippen molar-refractivity contribution in [1.82, 2.24) is 0 Å². The highest BCUT2D eigenvalue weighted by Crippen LogP contribution is 2.45. The van der Waals surface area contributed by atoms with Gasteiger partial charge in [0.25, 0.3) is 0 Å². The van der Waals surface area contributed by atoms with Crippen molar-refractivity contribution in [1.29, 1.82) is 0 Å². The Balaban J connectivity index is 3.02. The van der Waals surface area contributed by atoms with E-state index in [9.17, 15) is 9.59 Å². The molecule has 0 aliphatic heterocycles. The minimum Gasteiger partial charge on any atom is -0.290 e. The zero-order valence-corrected chi connectivity index (χ0v) is 14.6. The molecule has 0 spiro atoms. The minimum atomic E-state index is -0.497. The van der Waals surface area contributed by atoms with Crippen LogP contribution in [0.4, 0.5) is 0 Å². The molecule has 3 heteroatoms. The number of carbonyl (C=O) groups excluding carboxylic acids is 2. The normalized spacial score (nSPS) is 21.4. The number of allylic oxidation sites excluding steroid dienone is 4. The molecular weight excluding hydrogens is 328 g/mol. The van der Waals surface area contributed by atoms with E-state index in [0.717, 1.165) is 42.2 Å². The molecule has 0 fully saturated rings. The first-order valence-electron chi connectivity index (χ1n) is 7.33. The maximum absolute atomic E-state index is 12.5.